The van der Waals surface area contributed by atoms with Crippen LogP contribution in [0.5, 0.6) is 11.5 Å². The van der Waals surface area contributed by atoms with E-state index in [0.717, 1.165) is 112 Å². The monoisotopic (exact) mass is 906 g/mol. The fourth-order valence-electron chi connectivity index (χ4n) is 6.86. The number of rotatable bonds is 30. The maximum absolute atomic E-state index is 13.1. The lowest BCUT2D eigenvalue weighted by Crippen LogP contribution is -2.44. The second-order valence-corrected chi connectivity index (χ2v) is 15.6. The van der Waals surface area contributed by atoms with Crippen LogP contribution >= 0.6 is 0 Å². The van der Waals surface area contributed by atoms with Gasteiger partial charge in [0.25, 0.3) is 12.6 Å². The molecule has 66 heavy (non-hydrogen) atoms. The molecule has 4 aromatic rings. The van der Waals surface area contributed by atoms with Crippen LogP contribution in [0.25, 0.3) is 22.5 Å². The number of carbonyl (C=O) groups is 4. The van der Waals surface area contributed by atoms with Crippen LogP contribution in [-0.4, -0.2) is 86.1 Å². The van der Waals surface area contributed by atoms with Crippen molar-refractivity contribution in [2.45, 2.75) is 102 Å². The maximum atomic E-state index is 13.1. The van der Waals surface area contributed by atoms with Crippen molar-refractivity contribution in [2.24, 2.45) is 0 Å². The molecule has 3 heterocycles. The van der Waals surface area contributed by atoms with Gasteiger partial charge in [0.1, 0.15) is 11.5 Å². The van der Waals surface area contributed by atoms with E-state index in [1.54, 1.807) is 60.9 Å². The molecule has 0 saturated carbocycles. The van der Waals surface area contributed by atoms with Crippen molar-refractivity contribution in [3.63, 3.8) is 0 Å². The Hall–Kier alpha value is -6.38. The van der Waals surface area contributed by atoms with Gasteiger partial charge in [0.15, 0.2) is 0 Å². The normalized spacial score (nSPS) is 14.4. The van der Waals surface area contributed by atoms with Gasteiger partial charge in [0, 0.05) is 23.3 Å². The van der Waals surface area contributed by atoms with Crippen molar-refractivity contribution in [2.75, 3.05) is 39.6 Å². The van der Waals surface area contributed by atoms with Gasteiger partial charge < -0.3 is 37.9 Å². The zero-order valence-electron chi connectivity index (χ0n) is 37.7. The number of carbonyl (C=O) groups excluding carboxylic acids is 4. The van der Waals surface area contributed by atoms with Gasteiger partial charge in [-0.15, -0.1) is 0 Å². The van der Waals surface area contributed by atoms with E-state index in [2.05, 4.69) is 23.1 Å². The molecule has 5 rings (SSSR count). The number of ether oxygens (including phenoxy) is 8. The van der Waals surface area contributed by atoms with E-state index in [0.29, 0.717) is 37.9 Å². The zero-order chi connectivity index (χ0) is 46.6. The molecule has 0 bridgehead atoms. The number of esters is 4. The van der Waals surface area contributed by atoms with E-state index < -0.39 is 24.5 Å². The van der Waals surface area contributed by atoms with E-state index in [1.807, 2.05) is 24.3 Å². The van der Waals surface area contributed by atoms with E-state index in [4.69, 9.17) is 37.9 Å². The van der Waals surface area contributed by atoms with Gasteiger partial charge in [0.2, 0.25) is 0 Å². The van der Waals surface area contributed by atoms with E-state index >= 15 is 0 Å². The third kappa shape index (κ3) is 18.2. The third-order valence-electron chi connectivity index (χ3n) is 10.6. The summed E-state index contributed by atoms with van der Waals surface area (Å²) < 4.78 is 44.2. The van der Waals surface area contributed by atoms with Gasteiger partial charge in [0.05, 0.1) is 74.5 Å². The molecule has 1 aliphatic heterocycles. The smallest absolute Gasteiger partial charge is 0.340 e. The first kappa shape index (κ1) is 50.6. The van der Waals surface area contributed by atoms with Crippen molar-refractivity contribution in [3.8, 4) is 34.0 Å². The average molecular weight is 907 g/mol. The molecular formula is C52H62N2O12. The highest BCUT2D eigenvalue weighted by molar-refractivity contribution is 5.91. The molecule has 2 aromatic carbocycles. The van der Waals surface area contributed by atoms with Crippen molar-refractivity contribution in [1.29, 1.82) is 0 Å². The molecule has 0 aliphatic carbocycles. The summed E-state index contributed by atoms with van der Waals surface area (Å²) in [6.07, 6.45) is 17.8. The number of hydrogen-bond donors (Lipinski definition) is 0. The number of aromatic nitrogens is 2. The van der Waals surface area contributed by atoms with Gasteiger partial charge in [-0.25, -0.2) is 19.2 Å². The van der Waals surface area contributed by atoms with E-state index in [1.165, 1.54) is 12.2 Å². The maximum Gasteiger partial charge on any atom is 0.340 e. The lowest BCUT2D eigenvalue weighted by atomic mass is 10.1. The van der Waals surface area contributed by atoms with E-state index in [9.17, 15) is 19.2 Å². The molecular weight excluding hydrogens is 845 g/mol. The predicted octanol–water partition coefficient (Wildman–Crippen LogP) is 10.2. The highest BCUT2D eigenvalue weighted by Crippen LogP contribution is 2.24. The molecule has 1 aliphatic rings. The van der Waals surface area contributed by atoms with Crippen molar-refractivity contribution in [3.05, 3.63) is 122 Å². The molecule has 0 spiro atoms. The zero-order valence-corrected chi connectivity index (χ0v) is 37.7. The minimum absolute atomic E-state index is 0.154. The van der Waals surface area contributed by atoms with Crippen LogP contribution in [0, 0.1) is 0 Å². The summed E-state index contributed by atoms with van der Waals surface area (Å²) in [6.45, 7) is 9.19. The number of nitrogens with zero attached hydrogens (tertiary/aromatic N) is 2. The van der Waals surface area contributed by atoms with Gasteiger partial charge in [-0.2, -0.15) is 0 Å². The topological polar surface area (TPSA) is 168 Å². The molecule has 0 radical (unpaired) electrons. The number of hydrogen-bond acceptors (Lipinski definition) is 14. The highest BCUT2D eigenvalue weighted by atomic mass is 16.8. The van der Waals surface area contributed by atoms with Crippen molar-refractivity contribution in [1.82, 2.24) is 9.97 Å². The van der Waals surface area contributed by atoms with Gasteiger partial charge in [-0.3, -0.25) is 9.97 Å². The predicted molar refractivity (Wildman–Crippen MR) is 248 cm³/mol. The SMILES string of the molecule is C=CC(=O)OCCCCCCCCCOc1ccc(-c2ccc(C(=O)OC3OCCOC3OC(=O)c3ccc(-c4ccc(OCCCCCCCCCOC(=O)C=C)cn4)cc3)cc2)nc1. The molecule has 1 saturated heterocycles. The van der Waals surface area contributed by atoms with E-state index in [-0.39, 0.29) is 36.3 Å². The minimum atomic E-state index is -1.27. The summed E-state index contributed by atoms with van der Waals surface area (Å²) in [5.41, 5.74) is 3.59. The van der Waals surface area contributed by atoms with Crippen LogP contribution < -0.4 is 9.47 Å². The Morgan fingerprint density at radius 1 is 0.485 bits per heavy atom. The van der Waals surface area contributed by atoms with Crippen LogP contribution in [0.3, 0.4) is 0 Å². The minimum Gasteiger partial charge on any atom is -0.492 e. The first-order valence-corrected chi connectivity index (χ1v) is 22.9. The Balaban J connectivity index is 0.971. The molecule has 2 unspecified atom stereocenters. The summed E-state index contributed by atoms with van der Waals surface area (Å²) in [5, 5.41) is 0. The van der Waals surface area contributed by atoms with Gasteiger partial charge in [-0.1, -0.05) is 102 Å². The molecule has 14 heteroatoms. The standard InChI is InChI=1S/C52H62N2O12/c1-3-47(55)61-33-17-13-9-5-7-11-15-31-59-43-27-29-45(53-37-43)39-19-23-41(24-20-39)49(57)65-51-52(64-36-35-63-51)66-50(58)42-25-21-40(22-26-42)46-30-28-44(38-54-46)60-32-16-12-8-6-10-14-18-34-62-48(56)4-2/h3-4,19-30,37-38,51-52H,1-2,5-18,31-36H2. The molecule has 0 N–H and O–H groups in total. The molecule has 14 nitrogen and oxygen atoms in total. The molecule has 352 valence electrons. The van der Waals surface area contributed by atoms with Crippen LogP contribution in [0.15, 0.2) is 111 Å². The Morgan fingerprint density at radius 2 is 0.833 bits per heavy atom. The first-order chi connectivity index (χ1) is 32.3. The fraction of sp³-hybridized carbons (Fsp3) is 0.423. The van der Waals surface area contributed by atoms with Crippen LogP contribution in [0.2, 0.25) is 0 Å². The summed E-state index contributed by atoms with van der Waals surface area (Å²) >= 11 is 0. The average Bonchev–Trinajstić information content (AvgIpc) is 3.35. The Kier molecular flexibility index (Phi) is 22.4. The lowest BCUT2D eigenvalue weighted by molar-refractivity contribution is -0.288. The molecule has 1 fully saturated rings. The summed E-state index contributed by atoms with van der Waals surface area (Å²) in [4.78, 5) is 57.5. The summed E-state index contributed by atoms with van der Waals surface area (Å²) in [6, 6.07) is 21.1. The lowest BCUT2D eigenvalue weighted by Gasteiger charge is -2.30. The number of benzene rings is 2. The largest absolute Gasteiger partial charge is 0.492 e. The quantitative estimate of drug-likeness (QED) is 0.0210. The van der Waals surface area contributed by atoms with Crippen LogP contribution in [0.4, 0.5) is 0 Å². The second-order valence-electron chi connectivity index (χ2n) is 15.6. The van der Waals surface area contributed by atoms with Crippen LogP contribution in [-0.2, 0) is 38.0 Å². The Morgan fingerprint density at radius 3 is 1.17 bits per heavy atom. The van der Waals surface area contributed by atoms with Crippen LogP contribution in [0.1, 0.15) is 111 Å². The van der Waals surface area contributed by atoms with Gasteiger partial charge in [-0.05, 0) is 74.2 Å². The molecule has 2 atom stereocenters. The number of unbranched alkanes of at least 4 members (excludes halogenated alkanes) is 12. The molecule has 2 aromatic heterocycles. The summed E-state index contributed by atoms with van der Waals surface area (Å²) in [5.74, 6) is -0.703. The van der Waals surface area contributed by atoms with Gasteiger partial charge >= 0.3 is 23.9 Å². The highest BCUT2D eigenvalue weighted by Gasteiger charge is 2.34. The van der Waals surface area contributed by atoms with Crippen molar-refractivity contribution < 1.29 is 57.1 Å². The second kappa shape index (κ2) is 29.2. The fourth-order valence-corrected chi connectivity index (χ4v) is 6.86. The third-order valence-corrected chi connectivity index (χ3v) is 10.6. The van der Waals surface area contributed by atoms with Crippen molar-refractivity contribution >= 4 is 23.9 Å². The summed E-state index contributed by atoms with van der Waals surface area (Å²) in [7, 11) is 0. The Labute approximate surface area is 387 Å². The first-order valence-electron chi connectivity index (χ1n) is 22.9. The number of pyridine rings is 2. The Bertz CT molecular complexity index is 1940. The molecule has 0 amide bonds.